The van der Waals surface area contributed by atoms with Gasteiger partial charge in [-0.15, -0.1) is 0 Å². The number of nitrogens with one attached hydrogen (secondary N) is 2. The molecule has 1 amide bonds. The average molecular weight is 284 g/mol. The first-order valence-electron chi connectivity index (χ1n) is 6.51. The molecule has 19 heavy (non-hydrogen) atoms. The Kier molecular flexibility index (Phi) is 4.47. The molecule has 1 aromatic rings. The van der Waals surface area contributed by atoms with E-state index in [4.69, 9.17) is 10.5 Å². The summed E-state index contributed by atoms with van der Waals surface area (Å²) >= 11 is 1.25. The Hall–Kier alpha value is -1.50. The third-order valence-corrected chi connectivity index (χ3v) is 3.41. The zero-order valence-corrected chi connectivity index (χ0v) is 12.0. The highest BCUT2D eigenvalue weighted by Gasteiger charge is 2.23. The molecule has 0 aliphatic heterocycles. The Labute approximate surface area is 116 Å². The minimum Gasteiger partial charge on any atom is -0.484 e. The average Bonchev–Trinajstić information content (AvgIpc) is 3.08. The Morgan fingerprint density at radius 2 is 2.32 bits per heavy atom. The van der Waals surface area contributed by atoms with Crippen LogP contribution in [0, 0.1) is 0 Å². The Bertz CT molecular complexity index is 443. The predicted octanol–water partition coefficient (Wildman–Crippen LogP) is 1.59. The molecule has 0 spiro atoms. The maximum Gasteiger partial charge on any atom is 0.221 e. The fourth-order valence-corrected chi connectivity index (χ4v) is 2.25. The molecular weight excluding hydrogens is 264 g/mol. The van der Waals surface area contributed by atoms with E-state index < -0.39 is 0 Å². The summed E-state index contributed by atoms with van der Waals surface area (Å²) in [5, 5.41) is 6.88. The lowest BCUT2D eigenvalue weighted by Crippen LogP contribution is -2.27. The van der Waals surface area contributed by atoms with Gasteiger partial charge in [0.05, 0.1) is 6.10 Å². The molecule has 0 aromatic carbocycles. The summed E-state index contributed by atoms with van der Waals surface area (Å²) in [5.41, 5.74) is 5.75. The van der Waals surface area contributed by atoms with E-state index in [1.54, 1.807) is 0 Å². The van der Waals surface area contributed by atoms with E-state index in [0.717, 1.165) is 17.8 Å². The van der Waals surface area contributed by atoms with Gasteiger partial charge < -0.3 is 21.1 Å². The van der Waals surface area contributed by atoms with Crippen LogP contribution in [0.2, 0.25) is 0 Å². The summed E-state index contributed by atoms with van der Waals surface area (Å²) in [4.78, 5) is 11.5. The lowest BCUT2D eigenvalue weighted by molar-refractivity contribution is -0.120. The minimum absolute atomic E-state index is 0.0393. The SMILES string of the molecule is CC(C)Oc1c(N)nsc1NCCC(=O)NC1CC1. The van der Waals surface area contributed by atoms with E-state index in [1.807, 2.05) is 13.8 Å². The van der Waals surface area contributed by atoms with Gasteiger partial charge in [0, 0.05) is 19.0 Å². The van der Waals surface area contributed by atoms with Crippen LogP contribution in [0.25, 0.3) is 0 Å². The summed E-state index contributed by atoms with van der Waals surface area (Å²) in [5.74, 6) is 1.06. The molecule has 1 aliphatic carbocycles. The lowest BCUT2D eigenvalue weighted by Gasteiger charge is -2.11. The third kappa shape index (κ3) is 4.27. The fourth-order valence-electron chi connectivity index (χ4n) is 1.57. The van der Waals surface area contributed by atoms with Crippen molar-refractivity contribution in [2.75, 3.05) is 17.6 Å². The van der Waals surface area contributed by atoms with Crippen molar-refractivity contribution in [1.82, 2.24) is 9.69 Å². The van der Waals surface area contributed by atoms with Gasteiger partial charge in [-0.25, -0.2) is 0 Å². The van der Waals surface area contributed by atoms with Crippen LogP contribution in [0.3, 0.4) is 0 Å². The van der Waals surface area contributed by atoms with Crippen molar-refractivity contribution < 1.29 is 9.53 Å². The van der Waals surface area contributed by atoms with Crippen LogP contribution in [0.15, 0.2) is 0 Å². The van der Waals surface area contributed by atoms with Crippen molar-refractivity contribution in [1.29, 1.82) is 0 Å². The summed E-state index contributed by atoms with van der Waals surface area (Å²) in [6.07, 6.45) is 2.70. The zero-order valence-electron chi connectivity index (χ0n) is 11.2. The van der Waals surface area contributed by atoms with Gasteiger partial charge in [0.2, 0.25) is 5.91 Å². The van der Waals surface area contributed by atoms with Crippen LogP contribution in [0.5, 0.6) is 5.75 Å². The molecular formula is C12H20N4O2S. The number of nitrogens with zero attached hydrogens (tertiary/aromatic N) is 1. The highest BCUT2D eigenvalue weighted by atomic mass is 32.1. The van der Waals surface area contributed by atoms with E-state index in [9.17, 15) is 4.79 Å². The predicted molar refractivity (Wildman–Crippen MR) is 76.6 cm³/mol. The van der Waals surface area contributed by atoms with E-state index in [-0.39, 0.29) is 12.0 Å². The topological polar surface area (TPSA) is 89.3 Å². The maximum absolute atomic E-state index is 11.5. The molecule has 7 heteroatoms. The summed E-state index contributed by atoms with van der Waals surface area (Å²) in [7, 11) is 0. The van der Waals surface area contributed by atoms with Crippen molar-refractivity contribution in [3.8, 4) is 5.75 Å². The molecule has 0 bridgehead atoms. The van der Waals surface area contributed by atoms with Gasteiger partial charge >= 0.3 is 0 Å². The second-order valence-corrected chi connectivity index (χ2v) is 5.68. The van der Waals surface area contributed by atoms with Gasteiger partial charge in [-0.2, -0.15) is 4.37 Å². The summed E-state index contributed by atoms with van der Waals surface area (Å²) < 4.78 is 9.67. The number of nitrogens with two attached hydrogens (primary N) is 1. The number of anilines is 2. The highest BCUT2D eigenvalue weighted by molar-refractivity contribution is 7.11. The third-order valence-electron chi connectivity index (χ3n) is 2.61. The van der Waals surface area contributed by atoms with Crippen LogP contribution in [0.4, 0.5) is 10.8 Å². The normalized spacial score (nSPS) is 14.5. The van der Waals surface area contributed by atoms with Crippen molar-refractivity contribution in [3.63, 3.8) is 0 Å². The monoisotopic (exact) mass is 284 g/mol. The first kappa shape index (κ1) is 13.9. The number of rotatable bonds is 7. The number of carbonyl (C=O) groups is 1. The van der Waals surface area contributed by atoms with Crippen LogP contribution in [-0.2, 0) is 4.79 Å². The molecule has 1 aromatic heterocycles. The van der Waals surface area contributed by atoms with Crippen LogP contribution in [-0.4, -0.2) is 29.0 Å². The van der Waals surface area contributed by atoms with Crippen molar-refractivity contribution in [2.45, 2.75) is 45.3 Å². The second-order valence-electron chi connectivity index (χ2n) is 4.91. The van der Waals surface area contributed by atoms with Crippen LogP contribution >= 0.6 is 11.5 Å². The number of aromatic nitrogens is 1. The number of amides is 1. The molecule has 4 N–H and O–H groups in total. The Morgan fingerprint density at radius 1 is 1.58 bits per heavy atom. The van der Waals surface area contributed by atoms with E-state index >= 15 is 0 Å². The fraction of sp³-hybridized carbons (Fsp3) is 0.667. The molecule has 1 aliphatic rings. The summed E-state index contributed by atoms with van der Waals surface area (Å²) in [6.45, 7) is 4.42. The van der Waals surface area contributed by atoms with E-state index in [1.165, 1.54) is 11.5 Å². The van der Waals surface area contributed by atoms with Crippen molar-refractivity contribution >= 4 is 28.3 Å². The largest absolute Gasteiger partial charge is 0.484 e. The zero-order chi connectivity index (χ0) is 13.8. The van der Waals surface area contributed by atoms with E-state index in [2.05, 4.69) is 15.0 Å². The number of nitrogen functional groups attached to an aromatic ring is 1. The molecule has 0 saturated heterocycles. The molecule has 0 unspecified atom stereocenters. The molecule has 1 fully saturated rings. The molecule has 2 rings (SSSR count). The van der Waals surface area contributed by atoms with Gasteiger partial charge in [-0.1, -0.05) is 0 Å². The molecule has 0 radical (unpaired) electrons. The Morgan fingerprint density at radius 3 is 2.95 bits per heavy atom. The molecule has 1 heterocycles. The van der Waals surface area contributed by atoms with E-state index in [0.29, 0.717) is 30.6 Å². The molecule has 6 nitrogen and oxygen atoms in total. The number of ether oxygens (including phenoxy) is 1. The number of hydrogen-bond acceptors (Lipinski definition) is 6. The molecule has 0 atom stereocenters. The van der Waals surface area contributed by atoms with Gasteiger partial charge in [0.15, 0.2) is 16.6 Å². The van der Waals surface area contributed by atoms with Gasteiger partial charge in [0.1, 0.15) is 0 Å². The maximum atomic E-state index is 11.5. The number of carbonyl (C=O) groups excluding carboxylic acids is 1. The van der Waals surface area contributed by atoms with Gasteiger partial charge in [-0.05, 0) is 38.2 Å². The minimum atomic E-state index is 0.0393. The first-order chi connectivity index (χ1) is 9.06. The van der Waals surface area contributed by atoms with Crippen LogP contribution in [0.1, 0.15) is 33.1 Å². The smallest absolute Gasteiger partial charge is 0.221 e. The standard InChI is InChI=1S/C12H20N4O2S/c1-7(2)18-10-11(13)16-19-12(10)14-6-5-9(17)15-8-3-4-8/h7-8,14H,3-6H2,1-2H3,(H2,13,16)(H,15,17). The van der Waals surface area contributed by atoms with Crippen LogP contribution < -0.4 is 21.1 Å². The van der Waals surface area contributed by atoms with Crippen molar-refractivity contribution in [2.24, 2.45) is 0 Å². The van der Waals surface area contributed by atoms with Crippen molar-refractivity contribution in [3.05, 3.63) is 0 Å². The Balaban J connectivity index is 1.79. The second kappa shape index (κ2) is 6.10. The molecule has 106 valence electrons. The summed E-state index contributed by atoms with van der Waals surface area (Å²) in [6, 6.07) is 0.409. The lowest BCUT2D eigenvalue weighted by atomic mass is 10.4. The number of hydrogen-bond donors (Lipinski definition) is 3. The quantitative estimate of drug-likeness (QED) is 0.707. The highest BCUT2D eigenvalue weighted by Crippen LogP contribution is 2.35. The first-order valence-corrected chi connectivity index (χ1v) is 7.28. The van der Waals surface area contributed by atoms with Gasteiger partial charge in [-0.3, -0.25) is 4.79 Å². The van der Waals surface area contributed by atoms with Gasteiger partial charge in [0.25, 0.3) is 0 Å². The molecule has 1 saturated carbocycles.